The van der Waals surface area contributed by atoms with Gasteiger partial charge in [-0.15, -0.1) is 0 Å². The summed E-state index contributed by atoms with van der Waals surface area (Å²) in [5.74, 6) is 0.872. The molecular weight excluding hydrogens is 416 g/mol. The number of ether oxygens (including phenoxy) is 1. The molecule has 1 aliphatic rings. The van der Waals surface area contributed by atoms with Crippen LogP contribution in [0.25, 0.3) is 34.0 Å². The molecule has 1 heterocycles. The smallest absolute Gasteiger partial charge is 0.118 e. The van der Waals surface area contributed by atoms with E-state index >= 15 is 0 Å². The molecule has 0 saturated carbocycles. The van der Waals surface area contributed by atoms with Crippen LogP contribution in [0.4, 0.5) is 5.69 Å². The molecule has 0 unspecified atom stereocenters. The van der Waals surface area contributed by atoms with Crippen molar-refractivity contribution in [3.8, 4) is 28.1 Å². The lowest BCUT2D eigenvalue weighted by Gasteiger charge is -2.23. The lowest BCUT2D eigenvalue weighted by Crippen LogP contribution is -2.08. The van der Waals surface area contributed by atoms with E-state index in [1.165, 1.54) is 33.5 Å². The number of benzene rings is 3. The molecule has 3 heteroatoms. The number of rotatable bonds is 5. The molecule has 0 bridgehead atoms. The van der Waals surface area contributed by atoms with Crippen molar-refractivity contribution < 1.29 is 4.74 Å². The highest BCUT2D eigenvalue weighted by molar-refractivity contribution is 5.87. The fourth-order valence-electron chi connectivity index (χ4n) is 4.66. The Morgan fingerprint density at radius 3 is 2.24 bits per heavy atom. The summed E-state index contributed by atoms with van der Waals surface area (Å²) in [6, 6.07) is 29.9. The molecule has 1 aliphatic carbocycles. The first-order chi connectivity index (χ1) is 16.6. The molecular formula is C31H30N2O. The van der Waals surface area contributed by atoms with Gasteiger partial charge in [-0.1, -0.05) is 54.6 Å². The maximum atomic E-state index is 5.39. The Hall–Kier alpha value is -3.85. The predicted molar refractivity (Wildman–Crippen MR) is 143 cm³/mol. The first-order valence-electron chi connectivity index (χ1n) is 11.8. The molecule has 0 fully saturated rings. The van der Waals surface area contributed by atoms with Crippen molar-refractivity contribution >= 4 is 17.3 Å². The van der Waals surface area contributed by atoms with Gasteiger partial charge in [-0.05, 0) is 83.5 Å². The van der Waals surface area contributed by atoms with Crippen LogP contribution in [0, 0.1) is 0 Å². The Morgan fingerprint density at radius 2 is 1.56 bits per heavy atom. The van der Waals surface area contributed by atoms with Gasteiger partial charge in [0.05, 0.1) is 18.5 Å². The van der Waals surface area contributed by atoms with Gasteiger partial charge in [0.2, 0.25) is 0 Å². The van der Waals surface area contributed by atoms with E-state index in [1.54, 1.807) is 7.11 Å². The van der Waals surface area contributed by atoms with E-state index in [0.29, 0.717) is 0 Å². The monoisotopic (exact) mass is 446 g/mol. The Morgan fingerprint density at radius 1 is 0.824 bits per heavy atom. The van der Waals surface area contributed by atoms with E-state index in [9.17, 15) is 0 Å². The summed E-state index contributed by atoms with van der Waals surface area (Å²) in [7, 11) is 5.85. The quantitative estimate of drug-likeness (QED) is 0.320. The summed E-state index contributed by atoms with van der Waals surface area (Å²) in [5.41, 5.74) is 10.8. The number of hydrogen-bond acceptors (Lipinski definition) is 3. The van der Waals surface area contributed by atoms with Gasteiger partial charge in [0.1, 0.15) is 5.75 Å². The highest BCUT2D eigenvalue weighted by Crippen LogP contribution is 2.39. The van der Waals surface area contributed by atoms with Gasteiger partial charge >= 0.3 is 0 Å². The standard InChI is InChI=1S/C31H30N2O/c1-33(2)26-16-12-22(13-17-26)20-25-10-7-11-28-29(23-14-18-27(34-3)19-15-23)21-30(32-31(25)28)24-8-5-4-6-9-24/h4-6,8-9,12-21H,7,10-11H2,1-3H3. The number of nitrogens with zero attached hydrogens (tertiary/aromatic N) is 2. The SMILES string of the molecule is COc1ccc(-c2cc(-c3ccccc3)nc3c2CCCC3=Cc2ccc(N(C)C)cc2)cc1. The minimum Gasteiger partial charge on any atom is -0.497 e. The van der Waals surface area contributed by atoms with Crippen LogP contribution in [0.3, 0.4) is 0 Å². The maximum Gasteiger partial charge on any atom is 0.118 e. The molecule has 170 valence electrons. The van der Waals surface area contributed by atoms with E-state index in [1.807, 2.05) is 12.1 Å². The lowest BCUT2D eigenvalue weighted by molar-refractivity contribution is 0.415. The number of methoxy groups -OCH3 is 1. The highest BCUT2D eigenvalue weighted by Gasteiger charge is 2.21. The second-order valence-corrected chi connectivity index (χ2v) is 8.99. The normalized spacial score (nSPS) is 14.0. The molecule has 3 nitrogen and oxygen atoms in total. The van der Waals surface area contributed by atoms with Crippen LogP contribution < -0.4 is 9.64 Å². The Bertz CT molecular complexity index is 1300. The first-order valence-corrected chi connectivity index (χ1v) is 11.8. The molecule has 0 amide bonds. The summed E-state index contributed by atoms with van der Waals surface area (Å²) < 4.78 is 5.39. The third kappa shape index (κ3) is 4.47. The second-order valence-electron chi connectivity index (χ2n) is 8.99. The topological polar surface area (TPSA) is 25.4 Å². The Labute approximate surface area is 202 Å². The maximum absolute atomic E-state index is 5.39. The van der Waals surface area contributed by atoms with Gasteiger partial charge in [0, 0.05) is 25.3 Å². The molecule has 0 radical (unpaired) electrons. The molecule has 4 aromatic rings. The number of anilines is 1. The van der Waals surface area contributed by atoms with Gasteiger partial charge in [0.15, 0.2) is 0 Å². The van der Waals surface area contributed by atoms with Crippen LogP contribution in [0.1, 0.15) is 29.7 Å². The van der Waals surface area contributed by atoms with Crippen LogP contribution in [0.2, 0.25) is 0 Å². The van der Waals surface area contributed by atoms with Gasteiger partial charge < -0.3 is 9.64 Å². The molecule has 0 spiro atoms. The van der Waals surface area contributed by atoms with Gasteiger partial charge in [-0.3, -0.25) is 0 Å². The third-order valence-electron chi connectivity index (χ3n) is 6.52. The van der Waals surface area contributed by atoms with Crippen molar-refractivity contribution in [3.05, 3.63) is 102 Å². The molecule has 0 atom stereocenters. The Balaban J connectivity index is 1.65. The van der Waals surface area contributed by atoms with Crippen LogP contribution in [0.15, 0.2) is 84.9 Å². The number of pyridine rings is 1. The summed E-state index contributed by atoms with van der Waals surface area (Å²) in [6.45, 7) is 0. The van der Waals surface area contributed by atoms with Gasteiger partial charge in [-0.2, -0.15) is 0 Å². The van der Waals surface area contributed by atoms with Gasteiger partial charge in [0.25, 0.3) is 0 Å². The van der Waals surface area contributed by atoms with E-state index < -0.39 is 0 Å². The summed E-state index contributed by atoms with van der Waals surface area (Å²) >= 11 is 0. The minimum absolute atomic E-state index is 0.872. The summed E-state index contributed by atoms with van der Waals surface area (Å²) in [6.07, 6.45) is 5.52. The van der Waals surface area contributed by atoms with E-state index in [4.69, 9.17) is 9.72 Å². The predicted octanol–water partition coefficient (Wildman–Crippen LogP) is 7.37. The van der Waals surface area contributed by atoms with Crippen LogP contribution in [-0.4, -0.2) is 26.2 Å². The van der Waals surface area contributed by atoms with Gasteiger partial charge in [-0.25, -0.2) is 4.98 Å². The average molecular weight is 447 g/mol. The summed E-state index contributed by atoms with van der Waals surface area (Å²) in [4.78, 5) is 7.35. The zero-order chi connectivity index (χ0) is 23.5. The molecule has 5 rings (SSSR count). The number of fused-ring (bicyclic) bond motifs is 1. The van der Waals surface area contributed by atoms with E-state index in [0.717, 1.165) is 42.0 Å². The lowest BCUT2D eigenvalue weighted by atomic mass is 9.84. The van der Waals surface area contributed by atoms with E-state index in [2.05, 4.69) is 97.9 Å². The molecule has 0 saturated heterocycles. The Kier molecular flexibility index (Phi) is 6.18. The van der Waals surface area contributed by atoms with Crippen molar-refractivity contribution in [1.29, 1.82) is 0 Å². The van der Waals surface area contributed by atoms with Crippen molar-refractivity contribution in [1.82, 2.24) is 4.98 Å². The largest absolute Gasteiger partial charge is 0.497 e. The number of allylic oxidation sites excluding steroid dienone is 1. The summed E-state index contributed by atoms with van der Waals surface area (Å²) in [5, 5.41) is 0. The average Bonchev–Trinajstić information content (AvgIpc) is 2.89. The zero-order valence-electron chi connectivity index (χ0n) is 20.1. The highest BCUT2D eigenvalue weighted by atomic mass is 16.5. The van der Waals surface area contributed by atoms with E-state index in [-0.39, 0.29) is 0 Å². The second kappa shape index (κ2) is 9.56. The zero-order valence-corrected chi connectivity index (χ0v) is 20.1. The van der Waals surface area contributed by atoms with Crippen LogP contribution in [0.5, 0.6) is 5.75 Å². The molecule has 3 aromatic carbocycles. The minimum atomic E-state index is 0.872. The first kappa shape index (κ1) is 22.0. The van der Waals surface area contributed by atoms with Crippen LogP contribution in [-0.2, 0) is 6.42 Å². The molecule has 0 aliphatic heterocycles. The fourth-order valence-corrected chi connectivity index (χ4v) is 4.66. The van der Waals surface area contributed by atoms with Crippen LogP contribution >= 0.6 is 0 Å². The van der Waals surface area contributed by atoms with Crippen molar-refractivity contribution in [3.63, 3.8) is 0 Å². The van der Waals surface area contributed by atoms with Crippen molar-refractivity contribution in [2.45, 2.75) is 19.3 Å². The number of hydrogen-bond donors (Lipinski definition) is 0. The fraction of sp³-hybridized carbons (Fsp3) is 0.194. The molecule has 0 N–H and O–H groups in total. The third-order valence-corrected chi connectivity index (χ3v) is 6.52. The molecule has 1 aromatic heterocycles. The van der Waals surface area contributed by atoms with Crippen molar-refractivity contribution in [2.75, 3.05) is 26.1 Å². The molecule has 34 heavy (non-hydrogen) atoms. The van der Waals surface area contributed by atoms with Crippen molar-refractivity contribution in [2.24, 2.45) is 0 Å². The number of aromatic nitrogens is 1.